The Morgan fingerprint density at radius 2 is 1.67 bits per heavy atom. The molecule has 0 amide bonds. The molecule has 10 heteroatoms. The smallest absolute Gasteiger partial charge is 0.357 e. The summed E-state index contributed by atoms with van der Waals surface area (Å²) in [6, 6.07) is 14.4. The van der Waals surface area contributed by atoms with Crippen LogP contribution in [0.15, 0.2) is 63.2 Å². The number of aromatic amines is 2. The summed E-state index contributed by atoms with van der Waals surface area (Å²) in [4.78, 5) is 37.3. The van der Waals surface area contributed by atoms with Crippen molar-refractivity contribution in [3.8, 4) is 5.75 Å². The van der Waals surface area contributed by atoms with E-state index in [1.54, 1.807) is 43.7 Å². The van der Waals surface area contributed by atoms with Gasteiger partial charge in [-0.2, -0.15) is 5.10 Å². The summed E-state index contributed by atoms with van der Waals surface area (Å²) in [6.07, 6.45) is 4.49. The molecule has 0 aliphatic heterocycles. The molecule has 0 saturated carbocycles. The summed E-state index contributed by atoms with van der Waals surface area (Å²) in [5.74, 6) is 0.752. The molecule has 10 nitrogen and oxygen atoms in total. The van der Waals surface area contributed by atoms with Crippen LogP contribution < -0.4 is 21.4 Å². The maximum atomic E-state index is 11.6. The van der Waals surface area contributed by atoms with Crippen molar-refractivity contribution in [1.82, 2.24) is 9.97 Å². The minimum Gasteiger partial charge on any atom is -0.497 e. The molecule has 30 heavy (non-hydrogen) atoms. The number of hydrazone groups is 1. The van der Waals surface area contributed by atoms with E-state index in [9.17, 15) is 19.7 Å². The van der Waals surface area contributed by atoms with Crippen LogP contribution in [0, 0.1) is 10.1 Å². The molecule has 0 fully saturated rings. The van der Waals surface area contributed by atoms with Crippen LogP contribution in [0.5, 0.6) is 5.75 Å². The zero-order valence-corrected chi connectivity index (χ0v) is 15.8. The molecular formula is C20H17N5O5. The van der Waals surface area contributed by atoms with Gasteiger partial charge in [-0.1, -0.05) is 30.3 Å². The van der Waals surface area contributed by atoms with Gasteiger partial charge in [0.15, 0.2) is 0 Å². The fraction of sp³-hybridized carbons (Fsp3) is 0.0500. The number of methoxy groups -OCH3 is 1. The summed E-state index contributed by atoms with van der Waals surface area (Å²) in [5, 5.41) is 15.2. The third-order valence-corrected chi connectivity index (χ3v) is 4.00. The number of rotatable bonds is 7. The largest absolute Gasteiger partial charge is 0.497 e. The van der Waals surface area contributed by atoms with Crippen LogP contribution >= 0.6 is 0 Å². The standard InChI is InChI=1S/C20H17N5O5/c1-30-16-9-7-15(8-10-16)24-21-12-14-4-2-13(3-5-14)6-11-17-18(25(28)29)19(26)23-20(27)22-17/h2-12,24H,1H3,(H2,22,23,26,27). The fourth-order valence-electron chi connectivity index (χ4n) is 2.52. The normalized spacial score (nSPS) is 11.1. The summed E-state index contributed by atoms with van der Waals surface area (Å²) in [6.45, 7) is 0. The van der Waals surface area contributed by atoms with E-state index >= 15 is 0 Å². The van der Waals surface area contributed by atoms with Gasteiger partial charge in [-0.3, -0.25) is 25.3 Å². The molecule has 3 rings (SSSR count). The third-order valence-electron chi connectivity index (χ3n) is 4.00. The van der Waals surface area contributed by atoms with E-state index in [0.29, 0.717) is 5.56 Å². The Hall–Kier alpha value is -4.47. The predicted molar refractivity (Wildman–Crippen MR) is 114 cm³/mol. The van der Waals surface area contributed by atoms with Crippen LogP contribution in [0.25, 0.3) is 12.2 Å². The van der Waals surface area contributed by atoms with Gasteiger partial charge in [-0.05, 0) is 41.5 Å². The van der Waals surface area contributed by atoms with Crippen LogP contribution in [-0.2, 0) is 0 Å². The second kappa shape index (κ2) is 9.15. The summed E-state index contributed by atoms with van der Waals surface area (Å²) < 4.78 is 5.09. The minimum absolute atomic E-state index is 0.178. The minimum atomic E-state index is -1.06. The van der Waals surface area contributed by atoms with Crippen LogP contribution in [0.3, 0.4) is 0 Å². The average Bonchev–Trinajstić information content (AvgIpc) is 2.73. The number of benzene rings is 2. The fourth-order valence-corrected chi connectivity index (χ4v) is 2.52. The number of nitrogens with one attached hydrogen (secondary N) is 3. The topological polar surface area (TPSA) is 142 Å². The van der Waals surface area contributed by atoms with E-state index < -0.39 is 21.9 Å². The summed E-state index contributed by atoms with van der Waals surface area (Å²) >= 11 is 0. The van der Waals surface area contributed by atoms with Crippen molar-refractivity contribution < 1.29 is 9.66 Å². The SMILES string of the molecule is COc1ccc(NN=Cc2ccc(C=Cc3[nH]c(=O)[nH]c(=O)c3[N+](=O)[O-])cc2)cc1. The molecule has 0 unspecified atom stereocenters. The molecular weight excluding hydrogens is 390 g/mol. The Labute approximate surface area is 169 Å². The average molecular weight is 407 g/mol. The number of H-pyrrole nitrogens is 2. The zero-order chi connectivity index (χ0) is 21.5. The first kappa shape index (κ1) is 20.3. The number of nitro groups is 1. The van der Waals surface area contributed by atoms with Gasteiger partial charge in [0.2, 0.25) is 0 Å². The van der Waals surface area contributed by atoms with E-state index in [1.807, 2.05) is 29.2 Å². The highest BCUT2D eigenvalue weighted by Crippen LogP contribution is 2.15. The van der Waals surface area contributed by atoms with Crippen molar-refractivity contribution in [2.24, 2.45) is 5.10 Å². The first-order chi connectivity index (χ1) is 14.5. The molecule has 152 valence electrons. The monoisotopic (exact) mass is 407 g/mol. The molecule has 0 aliphatic rings. The molecule has 0 radical (unpaired) electrons. The number of ether oxygens (including phenoxy) is 1. The highest BCUT2D eigenvalue weighted by molar-refractivity contribution is 5.81. The van der Waals surface area contributed by atoms with Crippen LogP contribution in [-0.4, -0.2) is 28.2 Å². The second-order valence-corrected chi connectivity index (χ2v) is 6.03. The number of hydrogen-bond donors (Lipinski definition) is 3. The van der Waals surface area contributed by atoms with Gasteiger partial charge in [-0.25, -0.2) is 4.79 Å². The van der Waals surface area contributed by atoms with Gasteiger partial charge in [0.25, 0.3) is 0 Å². The van der Waals surface area contributed by atoms with Crippen molar-refractivity contribution in [3.05, 3.63) is 96.3 Å². The first-order valence-corrected chi connectivity index (χ1v) is 8.68. The van der Waals surface area contributed by atoms with Gasteiger partial charge >= 0.3 is 16.9 Å². The van der Waals surface area contributed by atoms with Crippen LogP contribution in [0.2, 0.25) is 0 Å². The Kier molecular flexibility index (Phi) is 6.18. The van der Waals surface area contributed by atoms with E-state index in [2.05, 4.69) is 15.5 Å². The van der Waals surface area contributed by atoms with Crippen molar-refractivity contribution in [2.75, 3.05) is 12.5 Å². The number of anilines is 1. The van der Waals surface area contributed by atoms with Crippen LogP contribution in [0.4, 0.5) is 11.4 Å². The molecule has 3 aromatic rings. The van der Waals surface area contributed by atoms with Crippen LogP contribution in [0.1, 0.15) is 16.8 Å². The lowest BCUT2D eigenvalue weighted by molar-refractivity contribution is -0.386. The lowest BCUT2D eigenvalue weighted by Gasteiger charge is -2.02. The number of hydrogen-bond acceptors (Lipinski definition) is 7. The molecule has 0 bridgehead atoms. The van der Waals surface area contributed by atoms with Gasteiger partial charge in [-0.15, -0.1) is 0 Å². The zero-order valence-electron chi connectivity index (χ0n) is 15.8. The van der Waals surface area contributed by atoms with Gasteiger partial charge < -0.3 is 9.72 Å². The molecule has 2 aromatic carbocycles. The maximum Gasteiger partial charge on any atom is 0.357 e. The molecule has 1 aromatic heterocycles. The highest BCUT2D eigenvalue weighted by atomic mass is 16.6. The van der Waals surface area contributed by atoms with Crippen molar-refractivity contribution in [2.45, 2.75) is 0 Å². The summed E-state index contributed by atoms with van der Waals surface area (Å²) in [7, 11) is 1.60. The van der Waals surface area contributed by atoms with Crippen molar-refractivity contribution in [3.63, 3.8) is 0 Å². The number of aromatic nitrogens is 2. The Morgan fingerprint density at radius 3 is 2.30 bits per heavy atom. The third kappa shape index (κ3) is 5.07. The van der Waals surface area contributed by atoms with Gasteiger partial charge in [0.05, 0.1) is 23.9 Å². The van der Waals surface area contributed by atoms with Gasteiger partial charge in [0.1, 0.15) is 11.4 Å². The molecule has 3 N–H and O–H groups in total. The first-order valence-electron chi connectivity index (χ1n) is 8.68. The highest BCUT2D eigenvalue weighted by Gasteiger charge is 2.18. The molecule has 0 aliphatic carbocycles. The Bertz CT molecular complexity index is 1210. The van der Waals surface area contributed by atoms with E-state index in [1.165, 1.54) is 6.08 Å². The lowest BCUT2D eigenvalue weighted by Crippen LogP contribution is -2.25. The van der Waals surface area contributed by atoms with Crippen molar-refractivity contribution in [1.29, 1.82) is 0 Å². The van der Waals surface area contributed by atoms with Gasteiger partial charge in [0, 0.05) is 0 Å². The molecule has 0 spiro atoms. The van der Waals surface area contributed by atoms with Crippen molar-refractivity contribution >= 4 is 29.7 Å². The number of nitrogens with zero attached hydrogens (tertiary/aromatic N) is 2. The molecule has 0 atom stereocenters. The van der Waals surface area contributed by atoms with E-state index in [0.717, 1.165) is 17.0 Å². The second-order valence-electron chi connectivity index (χ2n) is 6.03. The quantitative estimate of drug-likeness (QED) is 0.312. The van der Waals surface area contributed by atoms with E-state index in [4.69, 9.17) is 4.74 Å². The Morgan fingerprint density at radius 1 is 1.00 bits per heavy atom. The predicted octanol–water partition coefficient (Wildman–Crippen LogP) is 2.60. The maximum absolute atomic E-state index is 11.6. The summed E-state index contributed by atoms with van der Waals surface area (Å²) in [5.41, 5.74) is 2.47. The van der Waals surface area contributed by atoms with E-state index in [-0.39, 0.29) is 5.69 Å². The Balaban J connectivity index is 1.69. The lowest BCUT2D eigenvalue weighted by atomic mass is 10.1. The molecule has 1 heterocycles. The molecule has 0 saturated heterocycles.